The minimum absolute atomic E-state index is 0.107. The summed E-state index contributed by atoms with van der Waals surface area (Å²) >= 11 is 2.28. The molecule has 5 heteroatoms. The zero-order valence-corrected chi connectivity index (χ0v) is 15.7. The zero-order chi connectivity index (χ0) is 17.3. The molecule has 0 aromatic heterocycles. The summed E-state index contributed by atoms with van der Waals surface area (Å²) in [6.07, 6.45) is 1.50. The van der Waals surface area contributed by atoms with Gasteiger partial charge in [-0.15, -0.1) is 0 Å². The van der Waals surface area contributed by atoms with Crippen molar-refractivity contribution in [3.8, 4) is 0 Å². The fourth-order valence-corrected chi connectivity index (χ4v) is 4.07. The van der Waals surface area contributed by atoms with Gasteiger partial charge in [0, 0.05) is 23.3 Å². The normalized spacial score (nSPS) is 15.6. The first-order chi connectivity index (χ1) is 11.5. The molecule has 0 saturated carbocycles. The minimum Gasteiger partial charge on any atom is -0.481 e. The lowest BCUT2D eigenvalue weighted by Crippen LogP contribution is -2.31. The van der Waals surface area contributed by atoms with Crippen molar-refractivity contribution in [3.63, 3.8) is 0 Å². The van der Waals surface area contributed by atoms with Crippen LogP contribution in [0.1, 0.15) is 43.4 Å². The van der Waals surface area contributed by atoms with E-state index in [1.165, 1.54) is 0 Å². The number of fused-ring (bicyclic) bond motifs is 1. The van der Waals surface area contributed by atoms with E-state index in [-0.39, 0.29) is 10.6 Å². The van der Waals surface area contributed by atoms with Gasteiger partial charge in [-0.2, -0.15) is 0 Å². The van der Waals surface area contributed by atoms with Crippen molar-refractivity contribution in [1.29, 1.82) is 0 Å². The summed E-state index contributed by atoms with van der Waals surface area (Å²) in [6, 6.07) is 15.1. The monoisotopic (exact) mass is 435 g/mol. The molecule has 1 aliphatic rings. The molecule has 0 N–H and O–H groups in total. The zero-order valence-electron chi connectivity index (χ0n) is 13.6. The molecule has 1 heterocycles. The van der Waals surface area contributed by atoms with Crippen molar-refractivity contribution >= 4 is 37.6 Å². The molecule has 2 aromatic rings. The molecule has 2 aromatic carbocycles. The Morgan fingerprint density at radius 2 is 1.79 bits per heavy atom. The summed E-state index contributed by atoms with van der Waals surface area (Å²) in [5, 5.41) is 11.2. The van der Waals surface area contributed by atoms with Crippen LogP contribution in [0.25, 0.3) is 9.34 Å². The topological polar surface area (TPSA) is 52.4 Å². The molecule has 0 spiro atoms. The summed E-state index contributed by atoms with van der Waals surface area (Å²) in [4.78, 5) is 10.8. The molecule has 0 bridgehead atoms. The molecular formula is C19H18INO3. The Hall–Kier alpha value is -1.89. The number of rotatable bonds is 4. The summed E-state index contributed by atoms with van der Waals surface area (Å²) in [5.41, 5.74) is 2.52. The van der Waals surface area contributed by atoms with Gasteiger partial charge < -0.3 is 4.74 Å². The quantitative estimate of drug-likeness (QED) is 0.341. The van der Waals surface area contributed by atoms with Crippen LogP contribution in [0.3, 0.4) is 0 Å². The van der Waals surface area contributed by atoms with Crippen LogP contribution in [-0.4, -0.2) is 4.92 Å². The molecule has 124 valence electrons. The predicted molar refractivity (Wildman–Crippen MR) is 104 cm³/mol. The second kappa shape index (κ2) is 6.55. The van der Waals surface area contributed by atoms with E-state index in [1.807, 2.05) is 36.4 Å². The Kier molecular flexibility index (Phi) is 4.62. The minimum atomic E-state index is -0.540. The maximum Gasteiger partial charge on any atom is 0.269 e. The van der Waals surface area contributed by atoms with Gasteiger partial charge in [0.15, 0.2) is 0 Å². The molecule has 0 saturated heterocycles. The largest absolute Gasteiger partial charge is 0.481 e. The van der Waals surface area contributed by atoms with Gasteiger partial charge in [-0.3, -0.25) is 10.1 Å². The molecule has 0 aliphatic carbocycles. The van der Waals surface area contributed by atoms with Crippen molar-refractivity contribution in [2.75, 3.05) is 0 Å². The van der Waals surface area contributed by atoms with Gasteiger partial charge in [-0.25, -0.2) is 0 Å². The first-order valence-electron chi connectivity index (χ1n) is 7.96. The Morgan fingerprint density at radius 3 is 2.38 bits per heavy atom. The predicted octanol–water partition coefficient (Wildman–Crippen LogP) is 5.90. The molecule has 24 heavy (non-hydrogen) atoms. The number of benzene rings is 2. The Bertz CT molecular complexity index is 811. The Morgan fingerprint density at radius 1 is 1.12 bits per heavy atom. The van der Waals surface area contributed by atoms with Crippen molar-refractivity contribution in [3.05, 3.63) is 75.3 Å². The Balaban J connectivity index is 2.26. The molecular weight excluding hydrogens is 417 g/mol. The molecule has 0 unspecified atom stereocenters. The van der Waals surface area contributed by atoms with Crippen molar-refractivity contribution in [2.45, 2.75) is 32.3 Å². The smallest absolute Gasteiger partial charge is 0.269 e. The van der Waals surface area contributed by atoms with Gasteiger partial charge in [-0.05, 0) is 47.1 Å². The second-order valence-corrected chi connectivity index (χ2v) is 6.88. The average Bonchev–Trinajstić information content (AvgIpc) is 2.63. The number of hydrogen-bond donors (Lipinski definition) is 0. The number of non-ortho nitro benzene ring substituents is 1. The number of ether oxygens (including phenoxy) is 1. The summed E-state index contributed by atoms with van der Waals surface area (Å²) in [7, 11) is 0. The highest BCUT2D eigenvalue weighted by atomic mass is 127. The van der Waals surface area contributed by atoms with E-state index in [4.69, 9.17) is 4.74 Å². The number of nitrogens with zero attached hydrogens (tertiary/aromatic N) is 1. The molecule has 4 nitrogen and oxygen atoms in total. The van der Waals surface area contributed by atoms with Gasteiger partial charge in [0.05, 0.1) is 8.50 Å². The summed E-state index contributed by atoms with van der Waals surface area (Å²) < 4.78 is 7.47. The van der Waals surface area contributed by atoms with Crippen LogP contribution < -0.4 is 0 Å². The second-order valence-electron chi connectivity index (χ2n) is 5.80. The van der Waals surface area contributed by atoms with Crippen LogP contribution >= 0.6 is 22.6 Å². The van der Waals surface area contributed by atoms with Crippen LogP contribution in [-0.2, 0) is 10.3 Å². The van der Waals surface area contributed by atoms with Crippen LogP contribution in [0.2, 0.25) is 0 Å². The van der Waals surface area contributed by atoms with Gasteiger partial charge in [0.2, 0.25) is 0 Å². The lowest BCUT2D eigenvalue weighted by Gasteiger charge is -2.39. The van der Waals surface area contributed by atoms with Crippen molar-refractivity contribution < 1.29 is 9.66 Å². The van der Waals surface area contributed by atoms with Gasteiger partial charge in [-0.1, -0.05) is 44.2 Å². The van der Waals surface area contributed by atoms with Crippen LogP contribution in [0.5, 0.6) is 0 Å². The third kappa shape index (κ3) is 2.70. The molecule has 0 radical (unpaired) electrons. The number of hydrogen-bond acceptors (Lipinski definition) is 3. The summed E-state index contributed by atoms with van der Waals surface area (Å²) in [5.74, 6) is 0.848. The lowest BCUT2D eigenvalue weighted by molar-refractivity contribution is -0.385. The van der Waals surface area contributed by atoms with E-state index >= 15 is 0 Å². The molecule has 0 amide bonds. The third-order valence-corrected chi connectivity index (χ3v) is 5.69. The number of halogens is 1. The fraction of sp³-hybridized carbons (Fsp3) is 0.263. The number of nitro benzene ring substituents is 1. The van der Waals surface area contributed by atoms with Crippen molar-refractivity contribution in [2.24, 2.45) is 0 Å². The first-order valence-corrected chi connectivity index (χ1v) is 9.03. The van der Waals surface area contributed by atoms with E-state index in [0.29, 0.717) is 0 Å². The maximum absolute atomic E-state index is 11.2. The highest BCUT2D eigenvalue weighted by molar-refractivity contribution is 14.1. The van der Waals surface area contributed by atoms with Crippen LogP contribution in [0.4, 0.5) is 5.69 Å². The molecule has 3 rings (SSSR count). The van der Waals surface area contributed by atoms with E-state index in [2.05, 4.69) is 36.4 Å². The molecule has 1 aliphatic heterocycles. The van der Waals surface area contributed by atoms with E-state index in [9.17, 15) is 10.1 Å². The third-order valence-electron chi connectivity index (χ3n) is 4.62. The molecule has 0 fully saturated rings. The lowest BCUT2D eigenvalue weighted by atomic mass is 9.82. The molecule has 0 atom stereocenters. The van der Waals surface area contributed by atoms with Gasteiger partial charge in [0.1, 0.15) is 11.4 Å². The average molecular weight is 435 g/mol. The van der Waals surface area contributed by atoms with E-state index in [0.717, 1.165) is 38.9 Å². The fourth-order valence-electron chi connectivity index (χ4n) is 3.18. The van der Waals surface area contributed by atoms with Crippen LogP contribution in [0.15, 0.2) is 48.5 Å². The summed E-state index contributed by atoms with van der Waals surface area (Å²) in [6.45, 7) is 4.12. The van der Waals surface area contributed by atoms with Crippen LogP contribution in [0, 0.1) is 10.1 Å². The van der Waals surface area contributed by atoms with E-state index in [1.54, 1.807) is 12.1 Å². The highest BCUT2D eigenvalue weighted by Crippen LogP contribution is 2.50. The Labute approximate surface area is 154 Å². The van der Waals surface area contributed by atoms with Crippen molar-refractivity contribution in [1.82, 2.24) is 0 Å². The number of nitro groups is 1. The SMILES string of the molecule is CCC1(CC)OC(c2ccccc2)=C(I)c2ccc([N+](=O)[O-])cc21. The van der Waals surface area contributed by atoms with E-state index < -0.39 is 5.60 Å². The van der Waals surface area contributed by atoms with Gasteiger partial charge in [0.25, 0.3) is 5.69 Å². The first kappa shape index (κ1) is 17.0. The van der Waals surface area contributed by atoms with Gasteiger partial charge >= 0.3 is 0 Å². The standard InChI is InChI=1S/C19H18INO3/c1-3-19(4-2)16-12-14(21(22)23)10-11-15(16)17(20)18(24-19)13-8-6-5-7-9-13/h5-12H,3-4H2,1-2H3. The maximum atomic E-state index is 11.2. The highest BCUT2D eigenvalue weighted by Gasteiger charge is 2.40.